The molecule has 11 atom stereocenters. The maximum Gasteiger partial charge on any atom is 0.305 e. The van der Waals surface area contributed by atoms with Gasteiger partial charge in [0.05, 0.1) is 19.8 Å². The Balaban J connectivity index is 1.57. The fraction of sp³-hybridized carbons (Fsp3) is 0.909. The molecule has 47 heavy (non-hydrogen) atoms. The molecule has 2 fully saturated rings. The molecule has 276 valence electrons. The Kier molecular flexibility index (Phi) is 21.4. The number of aliphatic hydroxyl groups is 8. The average molecular weight is 681 g/mol. The van der Waals surface area contributed by atoms with Crippen molar-refractivity contribution in [2.24, 2.45) is 0 Å². The summed E-state index contributed by atoms with van der Waals surface area (Å²) in [5.41, 5.74) is 0. The molecule has 0 aromatic rings. The molecule has 2 saturated heterocycles. The summed E-state index contributed by atoms with van der Waals surface area (Å²) in [5.74, 6) is -0.445. The summed E-state index contributed by atoms with van der Waals surface area (Å²) in [5, 5.41) is 80.3. The van der Waals surface area contributed by atoms with Crippen LogP contribution < -0.4 is 0 Å². The number of hydrogen-bond donors (Lipinski definition) is 8. The zero-order chi connectivity index (χ0) is 34.6. The van der Waals surface area contributed by atoms with Crippen molar-refractivity contribution in [3.05, 3.63) is 12.2 Å². The van der Waals surface area contributed by atoms with E-state index in [1.54, 1.807) is 0 Å². The predicted molar refractivity (Wildman–Crippen MR) is 169 cm³/mol. The number of carbonyl (C=O) groups is 1. The minimum Gasteiger partial charge on any atom is -0.463 e. The van der Waals surface area contributed by atoms with Gasteiger partial charge in [0.2, 0.25) is 0 Å². The van der Waals surface area contributed by atoms with Crippen LogP contribution >= 0.6 is 0 Å². The zero-order valence-electron chi connectivity index (χ0n) is 27.8. The maximum absolute atomic E-state index is 12.1. The molecule has 0 aromatic heterocycles. The van der Waals surface area contributed by atoms with Crippen LogP contribution in [0.15, 0.2) is 12.2 Å². The van der Waals surface area contributed by atoms with Gasteiger partial charge < -0.3 is 64.5 Å². The number of carbonyl (C=O) groups excluding carboxylic acids is 1. The monoisotopic (exact) mass is 680 g/mol. The first-order valence-corrected chi connectivity index (χ1v) is 17.3. The lowest BCUT2D eigenvalue weighted by atomic mass is 9.98. The van der Waals surface area contributed by atoms with Crippen LogP contribution in [0.25, 0.3) is 0 Å². The van der Waals surface area contributed by atoms with E-state index in [0.717, 1.165) is 38.5 Å². The van der Waals surface area contributed by atoms with Crippen LogP contribution in [0.3, 0.4) is 0 Å². The highest BCUT2D eigenvalue weighted by Crippen LogP contribution is 2.26. The molecule has 0 amide bonds. The Labute approximate surface area is 278 Å². The summed E-state index contributed by atoms with van der Waals surface area (Å²) in [7, 11) is 0. The smallest absolute Gasteiger partial charge is 0.305 e. The van der Waals surface area contributed by atoms with Gasteiger partial charge in [-0.3, -0.25) is 4.79 Å². The first-order valence-electron chi connectivity index (χ1n) is 17.3. The second kappa shape index (κ2) is 24.0. The second-order valence-electron chi connectivity index (χ2n) is 12.5. The summed E-state index contributed by atoms with van der Waals surface area (Å²) in [6, 6.07) is 0. The van der Waals surface area contributed by atoms with E-state index in [2.05, 4.69) is 19.1 Å². The Morgan fingerprint density at radius 1 is 0.660 bits per heavy atom. The Bertz CT molecular complexity index is 844. The average Bonchev–Trinajstić information content (AvgIpc) is 3.06. The highest BCUT2D eigenvalue weighted by Gasteiger charge is 2.47. The molecule has 0 saturated carbocycles. The van der Waals surface area contributed by atoms with E-state index in [4.69, 9.17) is 23.7 Å². The number of rotatable bonds is 24. The number of aliphatic hydroxyl groups excluding tert-OH is 8. The number of allylic oxidation sites excluding steroid dienone is 2. The van der Waals surface area contributed by atoms with Crippen LogP contribution in [0.5, 0.6) is 0 Å². The molecule has 0 aliphatic carbocycles. The molecule has 8 N–H and O–H groups in total. The molecule has 2 aliphatic heterocycles. The van der Waals surface area contributed by atoms with E-state index in [1.165, 1.54) is 38.5 Å². The van der Waals surface area contributed by atoms with E-state index in [1.807, 2.05) is 0 Å². The maximum atomic E-state index is 12.1. The number of esters is 1. The van der Waals surface area contributed by atoms with Crippen LogP contribution in [-0.4, -0.2) is 141 Å². The molecule has 2 rings (SSSR count). The standard InChI is InChI=1S/C33H60O14/c1-2-3-4-5-6-7-8-9-10-11-12-13-14-15-16-17-25(36)43-19-22(35)20-44-32-31(42)29(40)27(38)24(47-32)21-45-33-30(41)28(39)26(37)23(18-34)46-33/h9-10,22-24,26-35,37-42H,2-8,11-21H2,1H3/b10-9-/t22-,23+,24+,26+,27+,28-,29-,30+,31+,32+,33+/m0/s1. The zero-order valence-corrected chi connectivity index (χ0v) is 27.8. The third-order valence-corrected chi connectivity index (χ3v) is 8.47. The molecular weight excluding hydrogens is 620 g/mol. The number of hydrogen-bond acceptors (Lipinski definition) is 14. The van der Waals surface area contributed by atoms with Crippen LogP contribution in [0.4, 0.5) is 0 Å². The van der Waals surface area contributed by atoms with Gasteiger partial charge in [-0.05, 0) is 32.1 Å². The molecule has 14 heteroatoms. The Morgan fingerprint density at radius 2 is 1.17 bits per heavy atom. The molecule has 0 bridgehead atoms. The Hall–Kier alpha value is -1.27. The van der Waals surface area contributed by atoms with Gasteiger partial charge in [-0.25, -0.2) is 0 Å². The highest BCUT2D eigenvalue weighted by molar-refractivity contribution is 5.69. The topological polar surface area (TPSA) is 225 Å². The lowest BCUT2D eigenvalue weighted by Crippen LogP contribution is -2.61. The molecule has 0 spiro atoms. The molecule has 0 aromatic carbocycles. The van der Waals surface area contributed by atoms with Crippen LogP contribution in [0.1, 0.15) is 96.8 Å². The van der Waals surface area contributed by atoms with Gasteiger partial charge in [-0.1, -0.05) is 70.4 Å². The summed E-state index contributed by atoms with van der Waals surface area (Å²) < 4.78 is 26.6. The van der Waals surface area contributed by atoms with Gasteiger partial charge >= 0.3 is 5.97 Å². The number of unbranched alkanes of at least 4 members (excludes halogenated alkanes) is 11. The van der Waals surface area contributed by atoms with Gasteiger partial charge in [0.25, 0.3) is 0 Å². The molecule has 2 aliphatic rings. The normalized spacial score (nSPS) is 32.1. The quantitative estimate of drug-likeness (QED) is 0.0397. The first-order chi connectivity index (χ1) is 22.6. The molecule has 14 nitrogen and oxygen atoms in total. The van der Waals surface area contributed by atoms with Crippen molar-refractivity contribution in [2.45, 2.75) is 164 Å². The van der Waals surface area contributed by atoms with E-state index in [-0.39, 0.29) is 13.0 Å². The van der Waals surface area contributed by atoms with Crippen LogP contribution in [0, 0.1) is 0 Å². The fourth-order valence-corrected chi connectivity index (χ4v) is 5.44. The van der Waals surface area contributed by atoms with Crippen molar-refractivity contribution >= 4 is 5.97 Å². The van der Waals surface area contributed by atoms with Crippen molar-refractivity contribution < 1.29 is 69.3 Å². The van der Waals surface area contributed by atoms with E-state index < -0.39 is 93.3 Å². The lowest BCUT2D eigenvalue weighted by Gasteiger charge is -2.42. The molecule has 0 radical (unpaired) electrons. The molecular formula is C33H60O14. The Morgan fingerprint density at radius 3 is 1.77 bits per heavy atom. The third-order valence-electron chi connectivity index (χ3n) is 8.47. The van der Waals surface area contributed by atoms with Gasteiger partial charge in [0.1, 0.15) is 61.5 Å². The fourth-order valence-electron chi connectivity index (χ4n) is 5.44. The van der Waals surface area contributed by atoms with E-state index in [0.29, 0.717) is 6.42 Å². The van der Waals surface area contributed by atoms with Gasteiger partial charge in [-0.2, -0.15) is 0 Å². The first kappa shape index (κ1) is 41.9. The minimum atomic E-state index is -1.72. The van der Waals surface area contributed by atoms with Crippen molar-refractivity contribution in [2.75, 3.05) is 26.4 Å². The van der Waals surface area contributed by atoms with Gasteiger partial charge in [0, 0.05) is 6.42 Å². The summed E-state index contributed by atoms with van der Waals surface area (Å²) in [6.45, 7) is 0.287. The van der Waals surface area contributed by atoms with Gasteiger partial charge in [-0.15, -0.1) is 0 Å². The van der Waals surface area contributed by atoms with Gasteiger partial charge in [0.15, 0.2) is 12.6 Å². The van der Waals surface area contributed by atoms with Crippen molar-refractivity contribution in [1.82, 2.24) is 0 Å². The third kappa shape index (κ3) is 15.4. The largest absolute Gasteiger partial charge is 0.463 e. The predicted octanol–water partition coefficient (Wildman–Crippen LogP) is 0.569. The van der Waals surface area contributed by atoms with Crippen LogP contribution in [-0.2, 0) is 28.5 Å². The minimum absolute atomic E-state index is 0.233. The van der Waals surface area contributed by atoms with Crippen molar-refractivity contribution in [1.29, 1.82) is 0 Å². The van der Waals surface area contributed by atoms with Crippen LogP contribution in [0.2, 0.25) is 0 Å². The molecule has 2 heterocycles. The second-order valence-corrected chi connectivity index (χ2v) is 12.5. The summed E-state index contributed by atoms with van der Waals surface area (Å²) >= 11 is 0. The summed E-state index contributed by atoms with van der Waals surface area (Å²) in [4.78, 5) is 12.1. The lowest BCUT2D eigenvalue weighted by molar-refractivity contribution is -0.332. The van der Waals surface area contributed by atoms with Crippen molar-refractivity contribution in [3.63, 3.8) is 0 Å². The van der Waals surface area contributed by atoms with E-state index in [9.17, 15) is 45.6 Å². The number of ether oxygens (including phenoxy) is 5. The summed E-state index contributed by atoms with van der Waals surface area (Å²) in [6.07, 6.45) is 3.00. The van der Waals surface area contributed by atoms with E-state index >= 15 is 0 Å². The van der Waals surface area contributed by atoms with Crippen molar-refractivity contribution in [3.8, 4) is 0 Å². The SMILES string of the molecule is CCCCCCCC/C=C\CCCCCCCC(=O)OC[C@H](O)CO[C@@H]1O[C@H](CO[C@@H]2O[C@H](CO)[C@@H](O)[C@H](O)[C@H]2O)[C@@H](O)[C@H](O)[C@H]1O. The molecule has 0 unspecified atom stereocenters. The highest BCUT2D eigenvalue weighted by atomic mass is 16.7.